The lowest BCUT2D eigenvalue weighted by molar-refractivity contribution is 0.431. The van der Waals surface area contributed by atoms with Crippen LogP contribution in [0.3, 0.4) is 0 Å². The molecule has 0 aromatic carbocycles. The van der Waals surface area contributed by atoms with Crippen molar-refractivity contribution >= 4 is 11.3 Å². The third-order valence-corrected chi connectivity index (χ3v) is 3.32. The zero-order valence-electron chi connectivity index (χ0n) is 8.86. The summed E-state index contributed by atoms with van der Waals surface area (Å²) >= 11 is 1.68. The Morgan fingerprint density at radius 1 is 1.60 bits per heavy atom. The van der Waals surface area contributed by atoms with Crippen molar-refractivity contribution in [3.8, 4) is 0 Å². The lowest BCUT2D eigenvalue weighted by Crippen LogP contribution is -2.17. The molecule has 3 nitrogen and oxygen atoms in total. The SMILES string of the molecule is Cc1ncsc1CNC(C)c1ccco1. The van der Waals surface area contributed by atoms with Crippen molar-refractivity contribution in [2.24, 2.45) is 0 Å². The van der Waals surface area contributed by atoms with E-state index in [1.165, 1.54) is 4.88 Å². The third kappa shape index (κ3) is 2.46. The van der Waals surface area contributed by atoms with Gasteiger partial charge in [0.1, 0.15) is 5.76 Å². The van der Waals surface area contributed by atoms with E-state index in [0.717, 1.165) is 18.0 Å². The van der Waals surface area contributed by atoms with Gasteiger partial charge in [-0.3, -0.25) is 0 Å². The first kappa shape index (κ1) is 10.4. The van der Waals surface area contributed by atoms with Gasteiger partial charge in [0.2, 0.25) is 0 Å². The van der Waals surface area contributed by atoms with Crippen LogP contribution in [-0.4, -0.2) is 4.98 Å². The van der Waals surface area contributed by atoms with Crippen LogP contribution in [0.25, 0.3) is 0 Å². The fourth-order valence-corrected chi connectivity index (χ4v) is 2.11. The predicted octanol–water partition coefficient (Wildman–Crippen LogP) is 2.90. The van der Waals surface area contributed by atoms with Crippen molar-refractivity contribution in [3.63, 3.8) is 0 Å². The van der Waals surface area contributed by atoms with Gasteiger partial charge in [0.15, 0.2) is 0 Å². The van der Waals surface area contributed by atoms with E-state index in [1.54, 1.807) is 17.6 Å². The van der Waals surface area contributed by atoms with E-state index in [4.69, 9.17) is 4.42 Å². The van der Waals surface area contributed by atoms with Crippen LogP contribution >= 0.6 is 11.3 Å². The highest BCUT2D eigenvalue weighted by atomic mass is 32.1. The first-order valence-electron chi connectivity index (χ1n) is 4.93. The summed E-state index contributed by atoms with van der Waals surface area (Å²) in [5.74, 6) is 0.970. The first-order chi connectivity index (χ1) is 7.27. The summed E-state index contributed by atoms with van der Waals surface area (Å²) in [6.45, 7) is 4.97. The molecule has 0 amide bonds. The largest absolute Gasteiger partial charge is 0.468 e. The quantitative estimate of drug-likeness (QED) is 0.864. The van der Waals surface area contributed by atoms with Crippen LogP contribution in [0.1, 0.15) is 29.3 Å². The number of aromatic nitrogens is 1. The summed E-state index contributed by atoms with van der Waals surface area (Å²) in [5.41, 5.74) is 2.99. The zero-order valence-corrected chi connectivity index (χ0v) is 9.67. The number of rotatable bonds is 4. The van der Waals surface area contributed by atoms with Gasteiger partial charge in [-0.15, -0.1) is 11.3 Å². The molecule has 1 unspecified atom stereocenters. The molecule has 2 aromatic heterocycles. The summed E-state index contributed by atoms with van der Waals surface area (Å²) < 4.78 is 5.32. The Labute approximate surface area is 93.2 Å². The molecule has 0 spiro atoms. The molecule has 1 atom stereocenters. The Hall–Kier alpha value is -1.13. The van der Waals surface area contributed by atoms with E-state index in [9.17, 15) is 0 Å². The molecule has 0 aliphatic heterocycles. The van der Waals surface area contributed by atoms with Gasteiger partial charge in [-0.25, -0.2) is 4.98 Å². The Balaban J connectivity index is 1.91. The van der Waals surface area contributed by atoms with Gasteiger partial charge >= 0.3 is 0 Å². The Morgan fingerprint density at radius 2 is 2.47 bits per heavy atom. The Bertz CT molecular complexity index is 408. The standard InChI is InChI=1S/C11H14N2OS/c1-8(10-4-3-5-14-10)12-6-11-9(2)13-7-15-11/h3-5,7-8,12H,6H2,1-2H3. The van der Waals surface area contributed by atoms with E-state index in [-0.39, 0.29) is 6.04 Å². The van der Waals surface area contributed by atoms with Gasteiger partial charge in [-0.2, -0.15) is 0 Å². The van der Waals surface area contributed by atoms with Crippen molar-refractivity contribution in [2.75, 3.05) is 0 Å². The lowest BCUT2D eigenvalue weighted by atomic mass is 10.2. The molecule has 0 aliphatic rings. The number of furan rings is 1. The topological polar surface area (TPSA) is 38.1 Å². The van der Waals surface area contributed by atoms with Gasteiger partial charge in [-0.05, 0) is 26.0 Å². The van der Waals surface area contributed by atoms with Crippen LogP contribution in [0.5, 0.6) is 0 Å². The van der Waals surface area contributed by atoms with Crippen LogP contribution in [0, 0.1) is 6.92 Å². The van der Waals surface area contributed by atoms with E-state index in [1.807, 2.05) is 24.6 Å². The molecule has 2 heterocycles. The maximum atomic E-state index is 5.32. The summed E-state index contributed by atoms with van der Waals surface area (Å²) in [6.07, 6.45) is 1.70. The summed E-state index contributed by atoms with van der Waals surface area (Å²) in [6, 6.07) is 4.13. The highest BCUT2D eigenvalue weighted by Crippen LogP contribution is 2.16. The molecule has 0 aliphatic carbocycles. The first-order valence-corrected chi connectivity index (χ1v) is 5.81. The summed E-state index contributed by atoms with van der Waals surface area (Å²) in [4.78, 5) is 5.50. The smallest absolute Gasteiger partial charge is 0.120 e. The molecule has 1 N–H and O–H groups in total. The number of hydrogen-bond donors (Lipinski definition) is 1. The number of aryl methyl sites for hydroxylation is 1. The minimum absolute atomic E-state index is 0.238. The van der Waals surface area contributed by atoms with Crippen molar-refractivity contribution < 1.29 is 4.42 Å². The Kier molecular flexibility index (Phi) is 3.18. The normalized spacial score (nSPS) is 12.9. The number of hydrogen-bond acceptors (Lipinski definition) is 4. The highest BCUT2D eigenvalue weighted by Gasteiger charge is 2.08. The van der Waals surface area contributed by atoms with Crippen LogP contribution in [0.4, 0.5) is 0 Å². The second kappa shape index (κ2) is 4.59. The van der Waals surface area contributed by atoms with Crippen LogP contribution < -0.4 is 5.32 Å². The monoisotopic (exact) mass is 222 g/mol. The maximum Gasteiger partial charge on any atom is 0.120 e. The maximum absolute atomic E-state index is 5.32. The van der Waals surface area contributed by atoms with Crippen LogP contribution in [0.2, 0.25) is 0 Å². The highest BCUT2D eigenvalue weighted by molar-refractivity contribution is 7.09. The second-order valence-electron chi connectivity index (χ2n) is 3.48. The van der Waals surface area contributed by atoms with E-state index < -0.39 is 0 Å². The molecule has 4 heteroatoms. The van der Waals surface area contributed by atoms with E-state index in [0.29, 0.717) is 0 Å². The predicted molar refractivity (Wildman–Crippen MR) is 60.8 cm³/mol. The van der Waals surface area contributed by atoms with Gasteiger partial charge in [0.25, 0.3) is 0 Å². The molecule has 80 valence electrons. The van der Waals surface area contributed by atoms with Crippen LogP contribution in [-0.2, 0) is 6.54 Å². The van der Waals surface area contributed by atoms with Crippen molar-refractivity contribution in [3.05, 3.63) is 40.2 Å². The molecule has 2 aromatic rings. The molecule has 0 saturated carbocycles. The lowest BCUT2D eigenvalue weighted by Gasteiger charge is -2.10. The van der Waals surface area contributed by atoms with E-state index >= 15 is 0 Å². The fraction of sp³-hybridized carbons (Fsp3) is 0.364. The Morgan fingerprint density at radius 3 is 3.07 bits per heavy atom. The van der Waals surface area contributed by atoms with Crippen molar-refractivity contribution in [1.29, 1.82) is 0 Å². The van der Waals surface area contributed by atoms with Crippen molar-refractivity contribution in [2.45, 2.75) is 26.4 Å². The van der Waals surface area contributed by atoms with E-state index in [2.05, 4.69) is 17.2 Å². The molecule has 0 fully saturated rings. The minimum Gasteiger partial charge on any atom is -0.468 e. The summed E-state index contributed by atoms with van der Waals surface area (Å²) in [7, 11) is 0. The number of nitrogens with one attached hydrogen (secondary N) is 1. The average molecular weight is 222 g/mol. The molecule has 0 radical (unpaired) electrons. The zero-order chi connectivity index (χ0) is 10.7. The van der Waals surface area contributed by atoms with Gasteiger partial charge < -0.3 is 9.73 Å². The summed E-state index contributed by atoms with van der Waals surface area (Å²) in [5, 5.41) is 3.40. The molecular weight excluding hydrogens is 208 g/mol. The minimum atomic E-state index is 0.238. The molecular formula is C11H14N2OS. The number of thiazole rings is 1. The van der Waals surface area contributed by atoms with Crippen molar-refractivity contribution in [1.82, 2.24) is 10.3 Å². The third-order valence-electron chi connectivity index (χ3n) is 2.38. The van der Waals surface area contributed by atoms with Gasteiger partial charge in [0, 0.05) is 11.4 Å². The molecule has 0 bridgehead atoms. The average Bonchev–Trinajstić information content (AvgIpc) is 2.85. The molecule has 0 saturated heterocycles. The van der Waals surface area contributed by atoms with Gasteiger partial charge in [-0.1, -0.05) is 0 Å². The van der Waals surface area contributed by atoms with Crippen LogP contribution in [0.15, 0.2) is 28.3 Å². The molecule has 15 heavy (non-hydrogen) atoms. The number of nitrogens with zero attached hydrogens (tertiary/aromatic N) is 1. The molecule has 2 rings (SSSR count). The fourth-order valence-electron chi connectivity index (χ4n) is 1.38. The van der Waals surface area contributed by atoms with Gasteiger partial charge in [0.05, 0.1) is 23.5 Å². The second-order valence-corrected chi connectivity index (χ2v) is 4.42.